The second kappa shape index (κ2) is 5.44. The van der Waals surface area contributed by atoms with Gasteiger partial charge in [-0.1, -0.05) is 13.0 Å². The summed E-state index contributed by atoms with van der Waals surface area (Å²) in [6.45, 7) is 0.753. The Morgan fingerprint density at radius 3 is 1.14 bits per heavy atom. The molecule has 0 nitrogen and oxygen atoms in total. The lowest BCUT2D eigenvalue weighted by Gasteiger charge is -2.39. The van der Waals surface area contributed by atoms with Crippen LogP contribution in [0.3, 0.4) is 0 Å². The van der Waals surface area contributed by atoms with Gasteiger partial charge in [0.05, 0.1) is 0 Å². The van der Waals surface area contributed by atoms with Crippen LogP contribution in [0.4, 0.5) is 57.1 Å². The summed E-state index contributed by atoms with van der Waals surface area (Å²) >= 11 is 0. The van der Waals surface area contributed by atoms with Crippen LogP contribution in [-0.4, -0.2) is 44.9 Å². The standard InChI is InChI=1S/C8H5F13Si/c1-2-22-8(20,21)6(15,16)4(11,12)3(9,10)5(13,14)7(17,18)19/h2H2,1H3. The van der Waals surface area contributed by atoms with Crippen molar-refractivity contribution in [2.45, 2.75) is 48.4 Å². The third kappa shape index (κ3) is 2.77. The van der Waals surface area contributed by atoms with E-state index in [1.54, 1.807) is 0 Å². The first kappa shape index (κ1) is 21.3. The van der Waals surface area contributed by atoms with Gasteiger partial charge in [-0.25, -0.2) is 8.78 Å². The van der Waals surface area contributed by atoms with Crippen LogP contribution in [0, 0.1) is 0 Å². The summed E-state index contributed by atoms with van der Waals surface area (Å²) < 4.78 is 162. The quantitative estimate of drug-likeness (QED) is 0.461. The molecule has 132 valence electrons. The minimum atomic E-state index is -7.80. The molecule has 0 rings (SSSR count). The highest BCUT2D eigenvalue weighted by molar-refractivity contribution is 6.39. The fraction of sp³-hybridized carbons (Fsp3) is 1.00. The van der Waals surface area contributed by atoms with Gasteiger partial charge in [0.1, 0.15) is 9.52 Å². The molecule has 0 unspecified atom stereocenters. The molecule has 0 bridgehead atoms. The Hall–Kier alpha value is -0.693. The topological polar surface area (TPSA) is 0 Å². The summed E-state index contributed by atoms with van der Waals surface area (Å²) in [5, 5.41) is 0. The van der Waals surface area contributed by atoms with E-state index >= 15 is 0 Å². The van der Waals surface area contributed by atoms with Gasteiger partial charge in [0.2, 0.25) is 0 Å². The van der Waals surface area contributed by atoms with E-state index in [2.05, 4.69) is 0 Å². The molecule has 14 heteroatoms. The average molecular weight is 376 g/mol. The molecule has 0 saturated heterocycles. The van der Waals surface area contributed by atoms with E-state index in [1.807, 2.05) is 0 Å². The fourth-order valence-corrected chi connectivity index (χ4v) is 1.93. The summed E-state index contributed by atoms with van der Waals surface area (Å²) in [5.74, 6) is -30.3. The minimum absolute atomic E-state index is 0.753. The molecule has 22 heavy (non-hydrogen) atoms. The molecule has 0 aliphatic carbocycles. The molecule has 2 radical (unpaired) electrons. The van der Waals surface area contributed by atoms with Gasteiger partial charge >= 0.3 is 29.9 Å². The molecule has 0 heterocycles. The highest BCUT2D eigenvalue weighted by atomic mass is 28.2. The van der Waals surface area contributed by atoms with E-state index in [4.69, 9.17) is 0 Å². The third-order valence-electron chi connectivity index (χ3n) is 2.33. The van der Waals surface area contributed by atoms with Crippen LogP contribution in [0.2, 0.25) is 6.04 Å². The molecule has 0 aromatic heterocycles. The van der Waals surface area contributed by atoms with Gasteiger partial charge in [-0.3, -0.25) is 0 Å². The average Bonchev–Trinajstić information content (AvgIpc) is 2.26. The Labute approximate surface area is 116 Å². The summed E-state index contributed by atoms with van der Waals surface area (Å²) in [6.07, 6.45) is -7.36. The first-order chi connectivity index (χ1) is 9.31. The first-order valence-corrected chi connectivity index (χ1v) is 6.22. The normalized spacial score (nSPS) is 16.1. The van der Waals surface area contributed by atoms with Crippen molar-refractivity contribution in [1.29, 1.82) is 0 Å². The third-order valence-corrected chi connectivity index (χ3v) is 3.44. The van der Waals surface area contributed by atoms with Gasteiger partial charge in [0.15, 0.2) is 0 Å². The smallest absolute Gasteiger partial charge is 0.206 e. The monoisotopic (exact) mass is 376 g/mol. The van der Waals surface area contributed by atoms with E-state index in [0.29, 0.717) is 0 Å². The lowest BCUT2D eigenvalue weighted by atomic mass is 9.98. The van der Waals surface area contributed by atoms with Gasteiger partial charge < -0.3 is 0 Å². The Balaban J connectivity index is 6.11. The fourth-order valence-electron chi connectivity index (χ4n) is 1.10. The Kier molecular flexibility index (Phi) is 5.27. The number of alkyl halides is 13. The van der Waals surface area contributed by atoms with Crippen LogP contribution < -0.4 is 0 Å². The number of rotatable bonds is 6. The van der Waals surface area contributed by atoms with Gasteiger partial charge in [0, 0.05) is 0 Å². The maximum absolute atomic E-state index is 12.9. The summed E-state index contributed by atoms with van der Waals surface area (Å²) in [4.78, 5) is 0. The maximum atomic E-state index is 12.9. The Morgan fingerprint density at radius 2 is 0.864 bits per heavy atom. The zero-order chi connectivity index (χ0) is 18.4. The zero-order valence-electron chi connectivity index (χ0n) is 10.1. The summed E-state index contributed by atoms with van der Waals surface area (Å²) in [5.41, 5.74) is -5.91. The predicted molar refractivity (Wildman–Crippen MR) is 47.0 cm³/mol. The lowest BCUT2D eigenvalue weighted by Crippen LogP contribution is -2.70. The SMILES string of the molecule is CC[Si]C(F)(F)C(F)(F)C(F)(F)C(F)(F)C(F)(F)C(F)(F)F. The number of halogens is 13. The van der Waals surface area contributed by atoms with E-state index in [0.717, 1.165) is 6.92 Å². The molecule has 0 spiro atoms. The summed E-state index contributed by atoms with van der Waals surface area (Å²) in [7, 11) is -2.41. The number of hydrogen-bond acceptors (Lipinski definition) is 0. The van der Waals surface area contributed by atoms with Gasteiger partial charge in [0.25, 0.3) is 5.55 Å². The van der Waals surface area contributed by atoms with Crippen molar-refractivity contribution < 1.29 is 57.1 Å². The molecule has 0 aromatic rings. The van der Waals surface area contributed by atoms with Crippen molar-refractivity contribution >= 4 is 9.52 Å². The van der Waals surface area contributed by atoms with Crippen LogP contribution in [-0.2, 0) is 0 Å². The van der Waals surface area contributed by atoms with Crippen LogP contribution >= 0.6 is 0 Å². The van der Waals surface area contributed by atoms with Gasteiger partial charge in [-0.15, -0.1) is 0 Å². The molecule has 0 N–H and O–H groups in total. The zero-order valence-corrected chi connectivity index (χ0v) is 11.1. The molecule has 0 fully saturated rings. The molecule has 0 saturated carbocycles. The number of hydrogen-bond donors (Lipinski definition) is 0. The van der Waals surface area contributed by atoms with Crippen LogP contribution in [0.5, 0.6) is 0 Å². The second-order valence-corrected chi connectivity index (χ2v) is 5.59. The Morgan fingerprint density at radius 1 is 0.545 bits per heavy atom. The second-order valence-electron chi connectivity index (χ2n) is 3.90. The van der Waals surface area contributed by atoms with Crippen molar-refractivity contribution in [1.82, 2.24) is 0 Å². The maximum Gasteiger partial charge on any atom is 0.460 e. The lowest BCUT2D eigenvalue weighted by molar-refractivity contribution is -0.434. The van der Waals surface area contributed by atoms with E-state index < -0.39 is 51.0 Å². The van der Waals surface area contributed by atoms with E-state index in [9.17, 15) is 57.1 Å². The highest BCUT2D eigenvalue weighted by Crippen LogP contribution is 2.60. The van der Waals surface area contributed by atoms with E-state index in [1.165, 1.54) is 0 Å². The largest absolute Gasteiger partial charge is 0.460 e. The first-order valence-electron chi connectivity index (χ1n) is 5.02. The predicted octanol–water partition coefficient (Wildman–Crippen LogP) is 4.83. The van der Waals surface area contributed by atoms with Crippen molar-refractivity contribution in [3.63, 3.8) is 0 Å². The highest BCUT2D eigenvalue weighted by Gasteiger charge is 2.90. The van der Waals surface area contributed by atoms with Crippen LogP contribution in [0.25, 0.3) is 0 Å². The van der Waals surface area contributed by atoms with Crippen molar-refractivity contribution in [3.05, 3.63) is 0 Å². The molecule has 0 aliphatic heterocycles. The van der Waals surface area contributed by atoms with Crippen LogP contribution in [0.1, 0.15) is 6.92 Å². The van der Waals surface area contributed by atoms with E-state index in [-0.39, 0.29) is 0 Å². The molecule has 0 aromatic carbocycles. The van der Waals surface area contributed by atoms with Gasteiger partial charge in [-0.2, -0.15) is 48.3 Å². The molecule has 0 aliphatic rings. The molecule has 0 atom stereocenters. The summed E-state index contributed by atoms with van der Waals surface area (Å²) in [6, 6.07) is -0.931. The van der Waals surface area contributed by atoms with Crippen molar-refractivity contribution in [3.8, 4) is 0 Å². The van der Waals surface area contributed by atoms with Crippen molar-refractivity contribution in [2.75, 3.05) is 0 Å². The minimum Gasteiger partial charge on any atom is -0.206 e. The molecular formula is C8H5F13Si. The van der Waals surface area contributed by atoms with Gasteiger partial charge in [-0.05, 0) is 0 Å². The van der Waals surface area contributed by atoms with Crippen molar-refractivity contribution in [2.24, 2.45) is 0 Å². The van der Waals surface area contributed by atoms with Crippen LogP contribution in [0.15, 0.2) is 0 Å². The molecule has 0 amide bonds. The molecular weight excluding hydrogens is 371 g/mol. The Bertz CT molecular complexity index is 395.